The first-order valence-electron chi connectivity index (χ1n) is 7.44. The Morgan fingerprint density at radius 1 is 1.07 bits per heavy atom. The van der Waals surface area contributed by atoms with Gasteiger partial charge in [0.05, 0.1) is 10.5 Å². The molecular weight excluding hydrogens is 446 g/mol. The summed E-state index contributed by atoms with van der Waals surface area (Å²) in [5, 5.41) is 15.5. The predicted molar refractivity (Wildman–Crippen MR) is 99.7 cm³/mol. The van der Waals surface area contributed by atoms with Crippen molar-refractivity contribution < 1.29 is 22.9 Å². The molecule has 0 spiro atoms. The lowest BCUT2D eigenvalue weighted by molar-refractivity contribution is -0.384. The Bertz CT molecular complexity index is 871. The first-order chi connectivity index (χ1) is 12.9. The Hall–Kier alpha value is -2.23. The molecule has 2 aromatic rings. The molecule has 2 N–H and O–H groups in total. The van der Waals surface area contributed by atoms with Crippen molar-refractivity contribution in [3.8, 4) is 0 Å². The number of nitro groups is 1. The zero-order chi connectivity index (χ0) is 21.1. The number of amides is 1. The van der Waals surface area contributed by atoms with Crippen LogP contribution in [0.5, 0.6) is 0 Å². The summed E-state index contributed by atoms with van der Waals surface area (Å²) in [6.07, 6.45) is -5.97. The Morgan fingerprint density at radius 3 is 2.18 bits per heavy atom. The van der Waals surface area contributed by atoms with Gasteiger partial charge in [0, 0.05) is 23.4 Å². The van der Waals surface area contributed by atoms with Crippen LogP contribution in [0.15, 0.2) is 48.5 Å². The molecule has 0 radical (unpaired) electrons. The van der Waals surface area contributed by atoms with E-state index in [1.54, 1.807) is 0 Å². The second-order valence-corrected chi connectivity index (χ2v) is 7.84. The Kier molecular flexibility index (Phi) is 6.63. The fraction of sp³-hybridized carbons (Fsp3) is 0.188. The van der Waals surface area contributed by atoms with E-state index in [1.165, 1.54) is 18.2 Å². The minimum atomic E-state index is -4.57. The van der Waals surface area contributed by atoms with Crippen LogP contribution in [0.3, 0.4) is 0 Å². The van der Waals surface area contributed by atoms with E-state index in [9.17, 15) is 28.1 Å². The highest BCUT2D eigenvalue weighted by Gasteiger charge is 2.35. The number of non-ortho nitro benzene ring substituents is 1. The molecular formula is C16H11Cl3F3N3O3. The average molecular weight is 457 g/mol. The van der Waals surface area contributed by atoms with Crippen LogP contribution in [0.2, 0.25) is 0 Å². The number of carbonyl (C=O) groups is 1. The fourth-order valence-corrected chi connectivity index (χ4v) is 2.43. The summed E-state index contributed by atoms with van der Waals surface area (Å²) in [5.41, 5.74) is -1.18. The maximum absolute atomic E-state index is 12.8. The molecule has 1 amide bonds. The first kappa shape index (κ1) is 22.1. The number of nitro benzene ring substituents is 1. The van der Waals surface area contributed by atoms with Crippen LogP contribution in [-0.4, -0.2) is 20.8 Å². The van der Waals surface area contributed by atoms with Crippen molar-refractivity contribution in [2.45, 2.75) is 16.1 Å². The molecule has 0 heterocycles. The summed E-state index contributed by atoms with van der Waals surface area (Å²) in [5.74, 6) is -0.759. The molecule has 0 aliphatic rings. The topological polar surface area (TPSA) is 84.3 Å². The average Bonchev–Trinajstić information content (AvgIpc) is 2.60. The molecule has 0 fully saturated rings. The monoisotopic (exact) mass is 455 g/mol. The molecule has 0 bridgehead atoms. The van der Waals surface area contributed by atoms with Gasteiger partial charge in [-0.1, -0.05) is 40.9 Å². The molecule has 0 aliphatic carbocycles. The lowest BCUT2D eigenvalue weighted by Gasteiger charge is -2.27. The van der Waals surface area contributed by atoms with Crippen molar-refractivity contribution in [3.05, 3.63) is 69.8 Å². The van der Waals surface area contributed by atoms with E-state index in [1.807, 2.05) is 0 Å². The van der Waals surface area contributed by atoms with Gasteiger partial charge in [0.2, 0.25) is 3.79 Å². The van der Waals surface area contributed by atoms with Gasteiger partial charge in [0.15, 0.2) is 0 Å². The van der Waals surface area contributed by atoms with Gasteiger partial charge in [0.25, 0.3) is 11.6 Å². The normalized spacial score (nSPS) is 12.9. The molecule has 2 rings (SSSR count). The van der Waals surface area contributed by atoms with E-state index in [-0.39, 0.29) is 16.9 Å². The van der Waals surface area contributed by atoms with E-state index in [2.05, 4.69) is 10.6 Å². The van der Waals surface area contributed by atoms with Gasteiger partial charge in [-0.05, 0) is 30.3 Å². The van der Waals surface area contributed by atoms with Crippen LogP contribution >= 0.6 is 34.8 Å². The zero-order valence-corrected chi connectivity index (χ0v) is 15.9. The van der Waals surface area contributed by atoms with Gasteiger partial charge >= 0.3 is 6.18 Å². The Balaban J connectivity index is 2.21. The summed E-state index contributed by atoms with van der Waals surface area (Å²) in [6, 6.07) is 8.71. The first-order valence-corrected chi connectivity index (χ1v) is 8.57. The molecule has 0 saturated carbocycles. The summed E-state index contributed by atoms with van der Waals surface area (Å²) < 4.78 is 36.4. The summed E-state index contributed by atoms with van der Waals surface area (Å²) >= 11 is 17.5. The molecule has 150 valence electrons. The molecule has 6 nitrogen and oxygen atoms in total. The lowest BCUT2D eigenvalue weighted by Crippen LogP contribution is -2.49. The molecule has 0 unspecified atom stereocenters. The van der Waals surface area contributed by atoms with E-state index in [0.717, 1.165) is 30.3 Å². The molecule has 12 heteroatoms. The Labute approximate surface area is 171 Å². The SMILES string of the molecule is O=C(N[C@H](Nc1cccc(C(F)(F)F)c1)C(Cl)(Cl)Cl)c1ccc([N+](=O)[O-])cc1. The number of anilines is 1. The molecule has 0 saturated heterocycles. The smallest absolute Gasteiger partial charge is 0.362 e. The van der Waals surface area contributed by atoms with Crippen molar-refractivity contribution in [2.75, 3.05) is 5.32 Å². The molecule has 0 aliphatic heterocycles. The van der Waals surface area contributed by atoms with Crippen molar-refractivity contribution in [1.82, 2.24) is 5.32 Å². The lowest BCUT2D eigenvalue weighted by atomic mass is 10.2. The Morgan fingerprint density at radius 2 is 1.68 bits per heavy atom. The number of nitrogens with zero attached hydrogens (tertiary/aromatic N) is 1. The highest BCUT2D eigenvalue weighted by Crippen LogP contribution is 2.34. The highest BCUT2D eigenvalue weighted by molar-refractivity contribution is 6.68. The molecule has 2 aromatic carbocycles. The van der Waals surface area contributed by atoms with Crippen LogP contribution in [0.25, 0.3) is 0 Å². The quantitative estimate of drug-likeness (QED) is 0.282. The van der Waals surface area contributed by atoms with Crippen LogP contribution in [0, 0.1) is 10.1 Å². The highest BCUT2D eigenvalue weighted by atomic mass is 35.6. The largest absolute Gasteiger partial charge is 0.416 e. The third-order valence-electron chi connectivity index (χ3n) is 3.44. The minimum absolute atomic E-state index is 0.0238. The van der Waals surface area contributed by atoms with E-state index in [4.69, 9.17) is 34.8 Å². The zero-order valence-electron chi connectivity index (χ0n) is 13.6. The van der Waals surface area contributed by atoms with Gasteiger partial charge in [-0.15, -0.1) is 0 Å². The van der Waals surface area contributed by atoms with Gasteiger partial charge in [-0.25, -0.2) is 0 Å². The number of rotatable bonds is 5. The maximum Gasteiger partial charge on any atom is 0.416 e. The van der Waals surface area contributed by atoms with E-state index < -0.39 is 32.5 Å². The van der Waals surface area contributed by atoms with Gasteiger partial charge in [-0.2, -0.15) is 13.2 Å². The van der Waals surface area contributed by atoms with Crippen LogP contribution in [-0.2, 0) is 6.18 Å². The van der Waals surface area contributed by atoms with E-state index >= 15 is 0 Å². The molecule has 28 heavy (non-hydrogen) atoms. The number of halogens is 6. The predicted octanol–water partition coefficient (Wildman–Crippen LogP) is 5.15. The number of hydrogen-bond donors (Lipinski definition) is 2. The van der Waals surface area contributed by atoms with Crippen LogP contribution in [0.1, 0.15) is 15.9 Å². The van der Waals surface area contributed by atoms with Crippen molar-refractivity contribution in [2.24, 2.45) is 0 Å². The maximum atomic E-state index is 12.8. The second kappa shape index (κ2) is 8.42. The third-order valence-corrected chi connectivity index (χ3v) is 4.10. The van der Waals surface area contributed by atoms with Crippen molar-refractivity contribution in [3.63, 3.8) is 0 Å². The standard InChI is InChI=1S/C16H11Cl3F3N3O3/c17-15(18,19)14(23-11-3-1-2-10(8-11)16(20,21)22)24-13(26)9-4-6-12(7-5-9)25(27)28/h1-8,14,23H,(H,24,26)/t14-/m0/s1. The van der Waals surface area contributed by atoms with Crippen molar-refractivity contribution >= 4 is 52.1 Å². The summed E-state index contributed by atoms with van der Waals surface area (Å²) in [7, 11) is 0. The fourth-order valence-electron chi connectivity index (χ4n) is 2.10. The van der Waals surface area contributed by atoms with Crippen molar-refractivity contribution in [1.29, 1.82) is 0 Å². The summed E-state index contributed by atoms with van der Waals surface area (Å²) in [6.45, 7) is 0. The van der Waals surface area contributed by atoms with Gasteiger partial charge in [0.1, 0.15) is 6.17 Å². The summed E-state index contributed by atoms with van der Waals surface area (Å²) in [4.78, 5) is 22.3. The minimum Gasteiger partial charge on any atom is -0.362 e. The number of alkyl halides is 6. The number of benzene rings is 2. The van der Waals surface area contributed by atoms with Crippen LogP contribution in [0.4, 0.5) is 24.5 Å². The van der Waals surface area contributed by atoms with Gasteiger partial charge in [-0.3, -0.25) is 14.9 Å². The number of nitrogens with one attached hydrogen (secondary N) is 2. The van der Waals surface area contributed by atoms with Crippen LogP contribution < -0.4 is 10.6 Å². The number of carbonyl (C=O) groups excluding carboxylic acids is 1. The molecule has 0 aromatic heterocycles. The van der Waals surface area contributed by atoms with E-state index in [0.29, 0.717) is 0 Å². The van der Waals surface area contributed by atoms with Gasteiger partial charge < -0.3 is 10.6 Å². The number of hydrogen-bond acceptors (Lipinski definition) is 4. The molecule has 1 atom stereocenters. The second-order valence-electron chi connectivity index (χ2n) is 5.47. The third kappa shape index (κ3) is 5.88.